The molecule has 0 bridgehead atoms. The average molecular weight is 336 g/mol. The van der Waals surface area contributed by atoms with Crippen LogP contribution in [-0.2, 0) is 4.74 Å². The summed E-state index contributed by atoms with van der Waals surface area (Å²) in [6.07, 6.45) is -22.2. The first kappa shape index (κ1) is 18.3. The van der Waals surface area contributed by atoms with Gasteiger partial charge in [0.2, 0.25) is 0 Å². The van der Waals surface area contributed by atoms with Crippen LogP contribution in [0.3, 0.4) is 0 Å². The highest BCUT2D eigenvalue weighted by molar-refractivity contribution is 5.06. The first-order chi connectivity index (χ1) is 8.87. The van der Waals surface area contributed by atoms with Gasteiger partial charge in [0.25, 0.3) is 5.79 Å². The number of halogens is 9. The molecule has 12 heteroatoms. The number of hydrogen-bond donors (Lipinski definition) is 2. The minimum Gasteiger partial charge on any atom is -0.380 e. The van der Waals surface area contributed by atoms with Gasteiger partial charge in [-0.05, 0) is 6.92 Å². The predicted molar refractivity (Wildman–Crippen MR) is 46.8 cm³/mol. The molecule has 1 saturated heterocycles. The molecular weight excluding hydrogens is 327 g/mol. The van der Waals surface area contributed by atoms with Crippen molar-refractivity contribution in [2.45, 2.75) is 55.3 Å². The summed E-state index contributed by atoms with van der Waals surface area (Å²) in [6, 6.07) is 0. The van der Waals surface area contributed by atoms with Crippen molar-refractivity contribution in [2.24, 2.45) is 0 Å². The van der Waals surface area contributed by atoms with Gasteiger partial charge in [-0.25, -0.2) is 0 Å². The molecule has 1 fully saturated rings. The summed E-state index contributed by atoms with van der Waals surface area (Å²) in [5.41, 5.74) is -8.46. The van der Waals surface area contributed by atoms with Crippen molar-refractivity contribution in [3.8, 4) is 0 Å². The maximum Gasteiger partial charge on any atom is 0.443 e. The summed E-state index contributed by atoms with van der Waals surface area (Å²) < 4.78 is 117. The van der Waals surface area contributed by atoms with Crippen molar-refractivity contribution in [1.29, 1.82) is 0 Å². The fourth-order valence-electron chi connectivity index (χ4n) is 1.98. The van der Waals surface area contributed by atoms with Gasteiger partial charge in [0.15, 0.2) is 11.2 Å². The molecule has 3 atom stereocenters. The quantitative estimate of drug-likeness (QED) is 0.669. The maximum absolute atomic E-state index is 12.7. The monoisotopic (exact) mass is 336 g/mol. The third kappa shape index (κ3) is 2.93. The number of rotatable bonds is 0. The second kappa shape index (κ2) is 4.38. The average Bonchev–Trinajstić information content (AvgIpc) is 2.09. The van der Waals surface area contributed by atoms with Crippen LogP contribution in [0.25, 0.3) is 0 Å². The molecule has 0 radical (unpaired) electrons. The van der Waals surface area contributed by atoms with E-state index in [1.54, 1.807) is 0 Å². The highest BCUT2D eigenvalue weighted by Gasteiger charge is 2.75. The molecule has 0 aromatic rings. The van der Waals surface area contributed by atoms with E-state index in [2.05, 4.69) is 4.74 Å². The van der Waals surface area contributed by atoms with E-state index < -0.39 is 48.4 Å². The van der Waals surface area contributed by atoms with Crippen molar-refractivity contribution in [2.75, 3.05) is 0 Å². The normalized spacial score (nSPS) is 39.4. The van der Waals surface area contributed by atoms with E-state index >= 15 is 0 Å². The second-order valence-electron chi connectivity index (χ2n) is 5.00. The molecule has 0 aromatic carbocycles. The zero-order chi connectivity index (χ0) is 17.1. The molecule has 1 heterocycles. The van der Waals surface area contributed by atoms with Gasteiger partial charge in [0, 0.05) is 12.8 Å². The molecule has 2 N–H and O–H groups in total. The fraction of sp³-hybridized carbons (Fsp3) is 1.00. The van der Waals surface area contributed by atoms with E-state index in [-0.39, 0.29) is 6.92 Å². The third-order valence-electron chi connectivity index (χ3n) is 3.13. The minimum absolute atomic E-state index is 0.112. The zero-order valence-electron chi connectivity index (χ0n) is 10.1. The van der Waals surface area contributed by atoms with Gasteiger partial charge in [-0.15, -0.1) is 0 Å². The maximum atomic E-state index is 12.7. The summed E-state index contributed by atoms with van der Waals surface area (Å²) in [6.45, 7) is -0.112. The lowest BCUT2D eigenvalue weighted by atomic mass is 9.78. The van der Waals surface area contributed by atoms with Crippen molar-refractivity contribution in [3.05, 3.63) is 0 Å². The minimum atomic E-state index is -5.97. The smallest absolute Gasteiger partial charge is 0.380 e. The summed E-state index contributed by atoms with van der Waals surface area (Å²) in [5.74, 6) is -4.79. The van der Waals surface area contributed by atoms with Crippen molar-refractivity contribution in [1.82, 2.24) is 0 Å². The van der Waals surface area contributed by atoms with Crippen LogP contribution in [0, 0.1) is 0 Å². The van der Waals surface area contributed by atoms with Gasteiger partial charge in [0.1, 0.15) is 0 Å². The Balaban J connectivity index is 3.44. The van der Waals surface area contributed by atoms with Crippen LogP contribution in [0.1, 0.15) is 19.8 Å². The Labute approximate surface area is 111 Å². The van der Waals surface area contributed by atoms with Crippen LogP contribution in [0.2, 0.25) is 0 Å². The molecule has 0 amide bonds. The van der Waals surface area contributed by atoms with E-state index in [4.69, 9.17) is 5.11 Å². The lowest BCUT2D eigenvalue weighted by Gasteiger charge is -2.51. The Bertz CT molecular complexity index is 340. The Morgan fingerprint density at radius 2 is 1.19 bits per heavy atom. The van der Waals surface area contributed by atoms with Gasteiger partial charge in [0.05, 0.1) is 0 Å². The summed E-state index contributed by atoms with van der Waals surface area (Å²) in [5, 5.41) is 18.3. The standard InChI is InChI=1S/C9H9F9O3/c1-4(7(10,11)12)2-5(19,8(13,14)15)3-6(20,21-4)9(16,17)18/h19-20H,2-3H2,1H3/t4-,5-,6+/m0/s1. The fourth-order valence-corrected chi connectivity index (χ4v) is 1.98. The van der Waals surface area contributed by atoms with E-state index in [9.17, 15) is 44.6 Å². The lowest BCUT2D eigenvalue weighted by molar-refractivity contribution is -0.470. The molecule has 21 heavy (non-hydrogen) atoms. The molecule has 0 saturated carbocycles. The Morgan fingerprint density at radius 3 is 1.48 bits per heavy atom. The molecule has 0 aromatic heterocycles. The topological polar surface area (TPSA) is 49.7 Å². The molecule has 3 nitrogen and oxygen atoms in total. The van der Waals surface area contributed by atoms with Crippen molar-refractivity contribution in [3.63, 3.8) is 0 Å². The summed E-state index contributed by atoms with van der Waals surface area (Å²) in [7, 11) is 0. The summed E-state index contributed by atoms with van der Waals surface area (Å²) >= 11 is 0. The Morgan fingerprint density at radius 1 is 0.762 bits per heavy atom. The number of alkyl halides is 9. The number of hydrogen-bond acceptors (Lipinski definition) is 3. The largest absolute Gasteiger partial charge is 0.443 e. The molecule has 126 valence electrons. The molecule has 1 aliphatic heterocycles. The molecule has 0 spiro atoms. The Hall–Kier alpha value is -0.750. The molecule has 0 aliphatic carbocycles. The number of aliphatic hydroxyl groups is 2. The van der Waals surface area contributed by atoms with E-state index in [0.29, 0.717) is 0 Å². The van der Waals surface area contributed by atoms with Crippen LogP contribution in [0.4, 0.5) is 39.5 Å². The van der Waals surface area contributed by atoms with Gasteiger partial charge in [-0.1, -0.05) is 0 Å². The highest BCUT2D eigenvalue weighted by Crippen LogP contribution is 2.56. The van der Waals surface area contributed by atoms with Crippen LogP contribution in [0.15, 0.2) is 0 Å². The molecule has 1 aliphatic rings. The predicted octanol–water partition coefficient (Wildman–Crippen LogP) is 2.66. The summed E-state index contributed by atoms with van der Waals surface area (Å²) in [4.78, 5) is 0. The van der Waals surface area contributed by atoms with Gasteiger partial charge in [-0.3, -0.25) is 0 Å². The second-order valence-corrected chi connectivity index (χ2v) is 5.00. The highest BCUT2D eigenvalue weighted by atomic mass is 19.4. The zero-order valence-corrected chi connectivity index (χ0v) is 10.1. The number of ether oxygens (including phenoxy) is 1. The van der Waals surface area contributed by atoms with Crippen LogP contribution in [0.5, 0.6) is 0 Å². The van der Waals surface area contributed by atoms with E-state index in [1.165, 1.54) is 0 Å². The Kier molecular flexibility index (Phi) is 3.82. The first-order valence-corrected chi connectivity index (χ1v) is 5.22. The molecule has 1 rings (SSSR count). The molecule has 0 unspecified atom stereocenters. The third-order valence-corrected chi connectivity index (χ3v) is 3.13. The molecular formula is C9H9F9O3. The van der Waals surface area contributed by atoms with Crippen molar-refractivity contribution < 1.29 is 54.5 Å². The van der Waals surface area contributed by atoms with Crippen LogP contribution in [-0.4, -0.2) is 45.7 Å². The van der Waals surface area contributed by atoms with E-state index in [1.807, 2.05) is 0 Å². The van der Waals surface area contributed by atoms with Crippen LogP contribution < -0.4 is 0 Å². The van der Waals surface area contributed by atoms with Gasteiger partial charge < -0.3 is 14.9 Å². The van der Waals surface area contributed by atoms with E-state index in [0.717, 1.165) is 0 Å². The SMILES string of the molecule is C[C@@]1(C(F)(F)F)C[C@@](O)(C(F)(F)F)C[C@](O)(C(F)(F)F)O1. The van der Waals surface area contributed by atoms with Gasteiger partial charge >= 0.3 is 18.5 Å². The van der Waals surface area contributed by atoms with Crippen molar-refractivity contribution >= 4 is 0 Å². The van der Waals surface area contributed by atoms with Crippen LogP contribution >= 0.6 is 0 Å². The lowest BCUT2D eigenvalue weighted by Crippen LogP contribution is -2.70. The van der Waals surface area contributed by atoms with Gasteiger partial charge in [-0.2, -0.15) is 39.5 Å². The first-order valence-electron chi connectivity index (χ1n) is 5.22.